The van der Waals surface area contributed by atoms with Crippen LogP contribution in [0, 0.1) is 0 Å². The fraction of sp³-hybridized carbons (Fsp3) is 0.733. The molecule has 114 valence electrons. The van der Waals surface area contributed by atoms with Crippen LogP contribution in [0.1, 0.15) is 47.0 Å². The maximum atomic E-state index is 11.4. The van der Waals surface area contributed by atoms with Gasteiger partial charge in [0.25, 0.3) is 11.8 Å². The Labute approximate surface area is 120 Å². The average Bonchev–Trinajstić information content (AvgIpc) is 2.58. The van der Waals surface area contributed by atoms with Crippen molar-refractivity contribution in [1.82, 2.24) is 4.90 Å². The van der Waals surface area contributed by atoms with Crippen molar-refractivity contribution in [2.75, 3.05) is 13.2 Å². The zero-order chi connectivity index (χ0) is 15.4. The molecule has 0 spiro atoms. The topological polar surface area (TPSA) is 66.8 Å². The highest BCUT2D eigenvalue weighted by atomic mass is 16.5. The van der Waals surface area contributed by atoms with Gasteiger partial charge in [-0.1, -0.05) is 0 Å². The molecule has 1 aliphatic heterocycles. The normalized spacial score (nSPS) is 16.4. The van der Waals surface area contributed by atoms with Crippen molar-refractivity contribution >= 4 is 11.8 Å². The molecule has 0 aromatic heterocycles. The van der Waals surface area contributed by atoms with Gasteiger partial charge in [0.2, 0.25) is 0 Å². The van der Waals surface area contributed by atoms with E-state index in [1.807, 2.05) is 13.8 Å². The first-order chi connectivity index (χ1) is 9.11. The fourth-order valence-electron chi connectivity index (χ4n) is 1.96. The van der Waals surface area contributed by atoms with Crippen molar-refractivity contribution in [3.63, 3.8) is 0 Å². The molecular formula is C15H25NO4. The van der Waals surface area contributed by atoms with Gasteiger partial charge in [0.15, 0.2) is 0 Å². The number of ether oxygens (including phenoxy) is 1. The minimum absolute atomic E-state index is 0.240. The van der Waals surface area contributed by atoms with E-state index in [1.165, 1.54) is 17.1 Å². The minimum Gasteiger partial charge on any atom is -0.390 e. The van der Waals surface area contributed by atoms with Crippen LogP contribution in [0.3, 0.4) is 0 Å². The van der Waals surface area contributed by atoms with E-state index in [2.05, 4.69) is 0 Å². The summed E-state index contributed by atoms with van der Waals surface area (Å²) in [7, 11) is 0. The van der Waals surface area contributed by atoms with Crippen molar-refractivity contribution < 1.29 is 19.4 Å². The van der Waals surface area contributed by atoms with Gasteiger partial charge < -0.3 is 9.84 Å². The second kappa shape index (κ2) is 6.50. The molecule has 1 heterocycles. The number of carbonyl (C=O) groups excluding carboxylic acids is 2. The third-order valence-electron chi connectivity index (χ3n) is 3.27. The molecule has 0 aliphatic carbocycles. The Bertz CT molecular complexity index is 375. The summed E-state index contributed by atoms with van der Waals surface area (Å²) in [5, 5.41) is 9.62. The van der Waals surface area contributed by atoms with Gasteiger partial charge in [-0.15, -0.1) is 0 Å². The molecule has 1 aliphatic rings. The van der Waals surface area contributed by atoms with E-state index in [0.717, 1.165) is 6.42 Å². The largest absolute Gasteiger partial charge is 0.390 e. The molecule has 1 N–H and O–H groups in total. The van der Waals surface area contributed by atoms with Crippen LogP contribution in [0.25, 0.3) is 0 Å². The molecule has 5 heteroatoms. The van der Waals surface area contributed by atoms with Crippen LogP contribution in [0.5, 0.6) is 0 Å². The van der Waals surface area contributed by atoms with Gasteiger partial charge >= 0.3 is 0 Å². The summed E-state index contributed by atoms with van der Waals surface area (Å²) < 4.78 is 5.76. The first-order valence-corrected chi connectivity index (χ1v) is 7.01. The number of rotatable bonds is 8. The van der Waals surface area contributed by atoms with Crippen molar-refractivity contribution in [3.05, 3.63) is 12.2 Å². The standard InChI is InChI=1S/C15H25NO4/c1-14(2,19)9-11-20-15(3,4)8-5-10-16-12(17)6-7-13(16)18/h6-7,19H,5,8-11H2,1-4H3. The third-order valence-corrected chi connectivity index (χ3v) is 3.27. The third kappa shape index (κ3) is 5.84. The first kappa shape index (κ1) is 16.9. The van der Waals surface area contributed by atoms with Gasteiger partial charge in [-0.05, 0) is 47.0 Å². The van der Waals surface area contributed by atoms with Gasteiger partial charge in [-0.3, -0.25) is 14.5 Å². The van der Waals surface area contributed by atoms with E-state index in [1.54, 1.807) is 13.8 Å². The van der Waals surface area contributed by atoms with E-state index in [9.17, 15) is 14.7 Å². The summed E-state index contributed by atoms with van der Waals surface area (Å²) >= 11 is 0. The van der Waals surface area contributed by atoms with Gasteiger partial charge in [0, 0.05) is 18.7 Å². The second-order valence-corrected chi connectivity index (χ2v) is 6.44. The lowest BCUT2D eigenvalue weighted by Crippen LogP contribution is -2.33. The molecule has 0 atom stereocenters. The second-order valence-electron chi connectivity index (χ2n) is 6.44. The number of aliphatic hydroxyl groups is 1. The number of hydrogen-bond donors (Lipinski definition) is 1. The first-order valence-electron chi connectivity index (χ1n) is 7.01. The molecule has 0 unspecified atom stereocenters. The molecule has 0 saturated carbocycles. The van der Waals surface area contributed by atoms with Crippen LogP contribution in [-0.2, 0) is 14.3 Å². The highest BCUT2D eigenvalue weighted by Crippen LogP contribution is 2.19. The average molecular weight is 283 g/mol. The van der Waals surface area contributed by atoms with E-state index in [0.29, 0.717) is 26.0 Å². The molecule has 5 nitrogen and oxygen atoms in total. The van der Waals surface area contributed by atoms with Crippen LogP contribution in [0.2, 0.25) is 0 Å². The fourth-order valence-corrected chi connectivity index (χ4v) is 1.96. The molecule has 0 bridgehead atoms. The zero-order valence-electron chi connectivity index (χ0n) is 12.8. The lowest BCUT2D eigenvalue weighted by molar-refractivity contribution is -0.137. The van der Waals surface area contributed by atoms with Crippen LogP contribution < -0.4 is 0 Å². The van der Waals surface area contributed by atoms with Gasteiger partial charge in [0.05, 0.1) is 17.8 Å². The van der Waals surface area contributed by atoms with E-state index >= 15 is 0 Å². The number of imide groups is 1. The number of hydrogen-bond acceptors (Lipinski definition) is 4. The minimum atomic E-state index is -0.726. The van der Waals surface area contributed by atoms with Gasteiger partial charge in [0.1, 0.15) is 0 Å². The van der Waals surface area contributed by atoms with Crippen molar-refractivity contribution in [2.24, 2.45) is 0 Å². The van der Waals surface area contributed by atoms with Crippen molar-refractivity contribution in [2.45, 2.75) is 58.2 Å². The zero-order valence-corrected chi connectivity index (χ0v) is 12.8. The van der Waals surface area contributed by atoms with Crippen LogP contribution >= 0.6 is 0 Å². The predicted octanol–water partition coefficient (Wildman–Crippen LogP) is 1.65. The highest BCUT2D eigenvalue weighted by Gasteiger charge is 2.25. The lowest BCUT2D eigenvalue weighted by atomic mass is 10.0. The summed E-state index contributed by atoms with van der Waals surface area (Å²) in [6.07, 6.45) is 4.62. The summed E-state index contributed by atoms with van der Waals surface area (Å²) in [6.45, 7) is 8.36. The Morgan fingerprint density at radius 2 is 1.65 bits per heavy atom. The monoisotopic (exact) mass is 283 g/mol. The number of nitrogens with zero attached hydrogens (tertiary/aromatic N) is 1. The van der Waals surface area contributed by atoms with Gasteiger partial charge in [-0.2, -0.15) is 0 Å². The van der Waals surface area contributed by atoms with E-state index in [-0.39, 0.29) is 17.4 Å². The Hall–Kier alpha value is -1.20. The Morgan fingerprint density at radius 3 is 2.15 bits per heavy atom. The van der Waals surface area contributed by atoms with Crippen molar-refractivity contribution in [3.8, 4) is 0 Å². The summed E-state index contributed by atoms with van der Waals surface area (Å²) in [5.41, 5.74) is -1.05. The smallest absolute Gasteiger partial charge is 0.253 e. The SMILES string of the molecule is CC(C)(O)CCOC(C)(C)CCCN1C(=O)C=CC1=O. The molecule has 2 amide bonds. The molecule has 0 aromatic rings. The van der Waals surface area contributed by atoms with E-state index < -0.39 is 5.60 Å². The maximum absolute atomic E-state index is 11.4. The van der Waals surface area contributed by atoms with E-state index in [4.69, 9.17) is 4.74 Å². The number of carbonyl (C=O) groups is 2. The summed E-state index contributed by atoms with van der Waals surface area (Å²) in [6, 6.07) is 0. The summed E-state index contributed by atoms with van der Waals surface area (Å²) in [5.74, 6) is -0.480. The quantitative estimate of drug-likeness (QED) is 0.688. The molecule has 0 aromatic carbocycles. The Balaban J connectivity index is 2.26. The molecule has 0 saturated heterocycles. The van der Waals surface area contributed by atoms with Crippen LogP contribution in [-0.4, -0.2) is 46.2 Å². The maximum Gasteiger partial charge on any atom is 0.253 e. The lowest BCUT2D eigenvalue weighted by Gasteiger charge is -2.28. The van der Waals surface area contributed by atoms with Gasteiger partial charge in [-0.25, -0.2) is 0 Å². The van der Waals surface area contributed by atoms with Crippen molar-refractivity contribution in [1.29, 1.82) is 0 Å². The van der Waals surface area contributed by atoms with Crippen LogP contribution in [0.4, 0.5) is 0 Å². The van der Waals surface area contributed by atoms with Crippen LogP contribution in [0.15, 0.2) is 12.2 Å². The molecule has 0 fully saturated rings. The number of amides is 2. The summed E-state index contributed by atoms with van der Waals surface area (Å²) in [4.78, 5) is 24.0. The molecule has 1 rings (SSSR count). The molecule has 20 heavy (non-hydrogen) atoms. The molecular weight excluding hydrogens is 258 g/mol. The Kier molecular flexibility index (Phi) is 5.48. The predicted molar refractivity (Wildman–Crippen MR) is 76.0 cm³/mol. The molecule has 0 radical (unpaired) electrons. The highest BCUT2D eigenvalue weighted by molar-refractivity contribution is 6.12. The Morgan fingerprint density at radius 1 is 1.10 bits per heavy atom.